The quantitative estimate of drug-likeness (QED) is 0.378. The Hall–Kier alpha value is -3.09. The first-order valence-corrected chi connectivity index (χ1v) is 16.4. The van der Waals surface area contributed by atoms with Crippen LogP contribution in [0.15, 0.2) is 30.5 Å². The Morgan fingerprint density at radius 2 is 1.90 bits per heavy atom. The zero-order chi connectivity index (χ0) is 29.5. The lowest BCUT2D eigenvalue weighted by Gasteiger charge is -2.31. The van der Waals surface area contributed by atoms with Gasteiger partial charge < -0.3 is 14.8 Å². The Morgan fingerprint density at radius 3 is 2.52 bits per heavy atom. The molecule has 2 aromatic heterocycles. The first kappa shape index (κ1) is 29.9. The van der Waals surface area contributed by atoms with Gasteiger partial charge in [-0.05, 0) is 19.9 Å². The number of amides is 1. The van der Waals surface area contributed by atoms with E-state index in [0.29, 0.717) is 35.3 Å². The minimum Gasteiger partial charge on any atom is -0.363 e. The second-order valence-corrected chi connectivity index (χ2v) is 14.9. The molecule has 3 aromatic rings. The highest BCUT2D eigenvalue weighted by atomic mass is 32.2. The van der Waals surface area contributed by atoms with Crippen LogP contribution in [0.5, 0.6) is 0 Å². The summed E-state index contributed by atoms with van der Waals surface area (Å²) in [5.41, 5.74) is -0.204. The number of sulfonamides is 1. The molecule has 0 radical (unpaired) electrons. The first-order chi connectivity index (χ1) is 18.6. The Kier molecular flexibility index (Phi) is 8.26. The number of halogens is 3. The van der Waals surface area contributed by atoms with Gasteiger partial charge in [0.1, 0.15) is 30.0 Å². The molecule has 0 bridgehead atoms. The SMILES string of the molecule is CC(=O)N1CCP(=O)(c2cc3c(N[C@H](C)c4cccc(C(F)(F)CNS(C)(=O)=O)c4F)nc(C)nc3cn2)CC1. The average Bonchev–Trinajstić information content (AvgIpc) is 2.87. The number of alkyl halides is 2. The maximum absolute atomic E-state index is 15.4. The maximum Gasteiger partial charge on any atom is 0.289 e. The van der Waals surface area contributed by atoms with Crippen LogP contribution in [0.25, 0.3) is 10.9 Å². The van der Waals surface area contributed by atoms with E-state index in [1.54, 1.807) is 29.5 Å². The fourth-order valence-electron chi connectivity index (χ4n) is 4.57. The van der Waals surface area contributed by atoms with E-state index in [1.165, 1.54) is 25.3 Å². The van der Waals surface area contributed by atoms with Gasteiger partial charge in [-0.3, -0.25) is 9.78 Å². The third kappa shape index (κ3) is 6.45. The van der Waals surface area contributed by atoms with E-state index in [2.05, 4.69) is 20.3 Å². The van der Waals surface area contributed by atoms with Gasteiger partial charge in [0.2, 0.25) is 15.9 Å². The Morgan fingerprint density at radius 1 is 1.23 bits per heavy atom. The van der Waals surface area contributed by atoms with Gasteiger partial charge in [-0.1, -0.05) is 18.2 Å². The summed E-state index contributed by atoms with van der Waals surface area (Å²) in [5.74, 6) is -4.40. The normalized spacial score (nSPS) is 16.6. The van der Waals surface area contributed by atoms with Crippen molar-refractivity contribution in [3.05, 3.63) is 53.2 Å². The number of benzene rings is 1. The van der Waals surface area contributed by atoms with E-state index in [-0.39, 0.29) is 29.6 Å². The lowest BCUT2D eigenvalue weighted by molar-refractivity contribution is -0.128. The molecule has 0 spiro atoms. The van der Waals surface area contributed by atoms with Crippen LogP contribution in [0, 0.1) is 12.7 Å². The number of hydrogen-bond acceptors (Lipinski definition) is 8. The Bertz CT molecular complexity index is 1610. The van der Waals surface area contributed by atoms with E-state index in [1.807, 2.05) is 0 Å². The molecule has 1 fully saturated rings. The van der Waals surface area contributed by atoms with Crippen LogP contribution < -0.4 is 15.5 Å². The first-order valence-electron chi connectivity index (χ1n) is 12.5. The molecule has 2 N–H and O–H groups in total. The number of aromatic nitrogens is 3. The van der Waals surface area contributed by atoms with Crippen molar-refractivity contribution in [2.24, 2.45) is 0 Å². The van der Waals surface area contributed by atoms with Crippen LogP contribution in [0.4, 0.5) is 19.0 Å². The minimum atomic E-state index is -3.91. The predicted molar refractivity (Wildman–Crippen MR) is 146 cm³/mol. The van der Waals surface area contributed by atoms with Crippen molar-refractivity contribution in [2.45, 2.75) is 32.7 Å². The summed E-state index contributed by atoms with van der Waals surface area (Å²) in [6, 6.07) is 4.31. The summed E-state index contributed by atoms with van der Waals surface area (Å²) in [6.07, 6.45) is 2.81. The van der Waals surface area contributed by atoms with E-state index in [4.69, 9.17) is 0 Å². The lowest BCUT2D eigenvalue weighted by atomic mass is 10.00. The maximum atomic E-state index is 15.4. The highest BCUT2D eigenvalue weighted by molar-refractivity contribution is 7.88. The summed E-state index contributed by atoms with van der Waals surface area (Å²) in [5, 5.41) is 3.54. The molecular weight excluding hydrogens is 568 g/mol. The van der Waals surface area contributed by atoms with Crippen LogP contribution in [-0.4, -0.2) is 72.4 Å². The molecule has 0 aliphatic carbocycles. The second kappa shape index (κ2) is 11.1. The van der Waals surface area contributed by atoms with Crippen molar-refractivity contribution in [1.82, 2.24) is 24.6 Å². The molecule has 1 aromatic carbocycles. The van der Waals surface area contributed by atoms with E-state index in [0.717, 1.165) is 12.3 Å². The zero-order valence-electron chi connectivity index (χ0n) is 22.4. The number of carbonyl (C=O) groups is 1. The fourth-order valence-corrected chi connectivity index (χ4v) is 7.46. The number of pyridine rings is 1. The van der Waals surface area contributed by atoms with Crippen LogP contribution in [0.1, 0.15) is 36.8 Å². The smallest absolute Gasteiger partial charge is 0.289 e. The molecule has 10 nitrogen and oxygen atoms in total. The summed E-state index contributed by atoms with van der Waals surface area (Å²) in [6.45, 7) is 4.12. The van der Waals surface area contributed by atoms with Gasteiger partial charge >= 0.3 is 0 Å². The van der Waals surface area contributed by atoms with Gasteiger partial charge in [-0.2, -0.15) is 8.78 Å². The number of rotatable bonds is 8. The second-order valence-electron chi connectivity index (χ2n) is 9.89. The van der Waals surface area contributed by atoms with E-state index < -0.39 is 47.1 Å². The third-order valence-electron chi connectivity index (χ3n) is 6.80. The topological polar surface area (TPSA) is 134 Å². The van der Waals surface area contributed by atoms with Gasteiger partial charge in [0.15, 0.2) is 0 Å². The lowest BCUT2D eigenvalue weighted by Crippen LogP contribution is -2.40. The summed E-state index contributed by atoms with van der Waals surface area (Å²) < 4.78 is 82.9. The number of aryl methyl sites for hydroxylation is 1. The van der Waals surface area contributed by atoms with Gasteiger partial charge in [0.25, 0.3) is 5.92 Å². The van der Waals surface area contributed by atoms with Crippen molar-refractivity contribution in [3.63, 3.8) is 0 Å². The van der Waals surface area contributed by atoms with Gasteiger partial charge in [0, 0.05) is 43.3 Å². The number of anilines is 1. The number of hydrogen-bond donors (Lipinski definition) is 2. The molecular formula is C25H30F3N6O4PS. The molecule has 3 heterocycles. The van der Waals surface area contributed by atoms with Crippen molar-refractivity contribution in [1.29, 1.82) is 0 Å². The predicted octanol–water partition coefficient (Wildman–Crippen LogP) is 3.14. The molecule has 216 valence electrons. The van der Waals surface area contributed by atoms with Crippen molar-refractivity contribution >= 4 is 45.2 Å². The van der Waals surface area contributed by atoms with Crippen LogP contribution >= 0.6 is 7.14 Å². The molecule has 4 rings (SSSR count). The third-order valence-corrected chi connectivity index (χ3v) is 10.4. The summed E-state index contributed by atoms with van der Waals surface area (Å²) in [4.78, 5) is 26.5. The Labute approximate surface area is 230 Å². The van der Waals surface area contributed by atoms with Crippen LogP contribution in [-0.2, 0) is 25.3 Å². The number of nitrogens with one attached hydrogen (secondary N) is 2. The molecule has 1 atom stereocenters. The Balaban J connectivity index is 1.66. The molecule has 0 unspecified atom stereocenters. The molecule has 0 saturated carbocycles. The van der Waals surface area contributed by atoms with Crippen LogP contribution in [0.2, 0.25) is 0 Å². The monoisotopic (exact) mass is 598 g/mol. The van der Waals surface area contributed by atoms with Crippen molar-refractivity contribution in [2.75, 3.05) is 43.5 Å². The summed E-state index contributed by atoms with van der Waals surface area (Å²) in [7, 11) is -6.82. The molecule has 40 heavy (non-hydrogen) atoms. The highest BCUT2D eigenvalue weighted by Crippen LogP contribution is 2.46. The minimum absolute atomic E-state index is 0.0807. The van der Waals surface area contributed by atoms with Gasteiger partial charge in [-0.25, -0.2) is 27.5 Å². The summed E-state index contributed by atoms with van der Waals surface area (Å²) >= 11 is 0. The van der Waals surface area contributed by atoms with Crippen molar-refractivity contribution < 1.29 is 30.9 Å². The molecule has 1 aliphatic heterocycles. The largest absolute Gasteiger partial charge is 0.363 e. The highest BCUT2D eigenvalue weighted by Gasteiger charge is 2.37. The number of nitrogens with zero attached hydrogens (tertiary/aromatic N) is 4. The van der Waals surface area contributed by atoms with Crippen LogP contribution in [0.3, 0.4) is 0 Å². The number of fused-ring (bicyclic) bond motifs is 1. The molecule has 1 amide bonds. The number of carbonyl (C=O) groups excluding carboxylic acids is 1. The standard InChI is InChI=1S/C25H30F3N6O4PS/c1-15(18-6-5-7-20(23(18)26)25(27,28)14-30-40(4,37)38)31-24-19-12-22(29-13-21(19)32-16(2)33-24)39(36)10-8-34(9-11-39)17(3)35/h5-7,12-13,15,30H,8-11,14H2,1-4H3,(H,31,32,33)/t15-/m1/s1. The van der Waals surface area contributed by atoms with Gasteiger partial charge in [0.05, 0.1) is 36.1 Å². The molecule has 1 aliphatic rings. The average molecular weight is 599 g/mol. The van der Waals surface area contributed by atoms with Gasteiger partial charge in [-0.15, -0.1) is 0 Å². The van der Waals surface area contributed by atoms with Crippen molar-refractivity contribution in [3.8, 4) is 0 Å². The fraction of sp³-hybridized carbons (Fsp3) is 0.440. The molecule has 15 heteroatoms. The van der Waals surface area contributed by atoms with E-state index in [9.17, 15) is 26.6 Å². The molecule has 1 saturated heterocycles. The van der Waals surface area contributed by atoms with E-state index >= 15 is 4.39 Å². The zero-order valence-corrected chi connectivity index (χ0v) is 24.1.